The van der Waals surface area contributed by atoms with Gasteiger partial charge in [0.15, 0.2) is 11.2 Å². The predicted molar refractivity (Wildman–Crippen MR) is 94.3 cm³/mol. The molecule has 1 saturated heterocycles. The minimum Gasteiger partial charge on any atom is -0.376 e. The summed E-state index contributed by atoms with van der Waals surface area (Å²) < 4.78 is 12.5. The Kier molecular flexibility index (Phi) is 3.61. The summed E-state index contributed by atoms with van der Waals surface area (Å²) in [6.07, 6.45) is 2.28. The average Bonchev–Trinajstić information content (AvgIpc) is 3.28. The standard InChI is InChI=1S/C17H23N5O3/c1-5-20-15(23)13-14(19(4)17(20)24)18-16-21(9-12-7-6-8-25-12)10(2)11(3)22(13)16/h12H,5-9H2,1-4H3. The maximum absolute atomic E-state index is 12.9. The van der Waals surface area contributed by atoms with Crippen LogP contribution in [0.4, 0.5) is 0 Å². The largest absolute Gasteiger partial charge is 0.376 e. The van der Waals surface area contributed by atoms with E-state index < -0.39 is 0 Å². The molecule has 0 aromatic carbocycles. The van der Waals surface area contributed by atoms with Gasteiger partial charge in [-0.25, -0.2) is 4.79 Å². The molecule has 4 rings (SSSR count). The summed E-state index contributed by atoms with van der Waals surface area (Å²) in [5, 5.41) is 0. The average molecular weight is 345 g/mol. The second-order valence-corrected chi connectivity index (χ2v) is 6.73. The number of nitrogens with zero attached hydrogens (tertiary/aromatic N) is 5. The fourth-order valence-electron chi connectivity index (χ4n) is 3.80. The molecule has 3 aromatic heterocycles. The Morgan fingerprint density at radius 3 is 2.60 bits per heavy atom. The van der Waals surface area contributed by atoms with Crippen molar-refractivity contribution in [2.24, 2.45) is 7.05 Å². The van der Waals surface area contributed by atoms with Crippen molar-refractivity contribution < 1.29 is 4.74 Å². The summed E-state index contributed by atoms with van der Waals surface area (Å²) in [6, 6.07) is 0. The van der Waals surface area contributed by atoms with Crippen molar-refractivity contribution >= 4 is 16.9 Å². The monoisotopic (exact) mass is 345 g/mol. The van der Waals surface area contributed by atoms with Crippen molar-refractivity contribution in [3.8, 4) is 0 Å². The van der Waals surface area contributed by atoms with Gasteiger partial charge in [-0.1, -0.05) is 0 Å². The Balaban J connectivity index is 2.07. The number of aryl methyl sites for hydroxylation is 2. The van der Waals surface area contributed by atoms with Crippen LogP contribution in [0.1, 0.15) is 31.2 Å². The van der Waals surface area contributed by atoms with E-state index in [1.165, 1.54) is 9.13 Å². The van der Waals surface area contributed by atoms with Crippen molar-refractivity contribution in [2.45, 2.75) is 52.8 Å². The molecule has 0 aliphatic carbocycles. The number of hydrogen-bond acceptors (Lipinski definition) is 4. The van der Waals surface area contributed by atoms with E-state index in [2.05, 4.69) is 9.55 Å². The van der Waals surface area contributed by atoms with E-state index in [1.54, 1.807) is 14.0 Å². The summed E-state index contributed by atoms with van der Waals surface area (Å²) in [5.74, 6) is 0.696. The van der Waals surface area contributed by atoms with Crippen molar-refractivity contribution in [2.75, 3.05) is 6.61 Å². The van der Waals surface area contributed by atoms with Crippen LogP contribution in [0.15, 0.2) is 9.59 Å². The molecule has 134 valence electrons. The van der Waals surface area contributed by atoms with E-state index >= 15 is 0 Å². The van der Waals surface area contributed by atoms with Gasteiger partial charge in [-0.3, -0.25) is 18.3 Å². The second-order valence-electron chi connectivity index (χ2n) is 6.73. The lowest BCUT2D eigenvalue weighted by Gasteiger charge is -2.12. The molecule has 1 aliphatic rings. The number of fused-ring (bicyclic) bond motifs is 3. The van der Waals surface area contributed by atoms with E-state index in [4.69, 9.17) is 4.74 Å². The third-order valence-corrected chi connectivity index (χ3v) is 5.36. The van der Waals surface area contributed by atoms with E-state index in [9.17, 15) is 9.59 Å². The molecule has 0 spiro atoms. The Labute approximate surface area is 144 Å². The molecule has 0 radical (unpaired) electrons. The lowest BCUT2D eigenvalue weighted by atomic mass is 10.2. The van der Waals surface area contributed by atoms with Crippen molar-refractivity contribution in [1.29, 1.82) is 0 Å². The number of aromatic nitrogens is 5. The first-order chi connectivity index (χ1) is 12.0. The molecule has 25 heavy (non-hydrogen) atoms. The zero-order valence-electron chi connectivity index (χ0n) is 15.1. The molecule has 1 unspecified atom stereocenters. The quantitative estimate of drug-likeness (QED) is 0.709. The van der Waals surface area contributed by atoms with Gasteiger partial charge < -0.3 is 9.30 Å². The maximum Gasteiger partial charge on any atom is 0.332 e. The minimum absolute atomic E-state index is 0.172. The van der Waals surface area contributed by atoms with Crippen LogP contribution in [0.2, 0.25) is 0 Å². The first-order valence-electron chi connectivity index (χ1n) is 8.75. The highest BCUT2D eigenvalue weighted by Crippen LogP contribution is 2.23. The first kappa shape index (κ1) is 16.1. The zero-order chi connectivity index (χ0) is 17.9. The van der Waals surface area contributed by atoms with E-state index in [-0.39, 0.29) is 17.4 Å². The van der Waals surface area contributed by atoms with Gasteiger partial charge in [-0.05, 0) is 33.6 Å². The van der Waals surface area contributed by atoms with Crippen molar-refractivity contribution in [1.82, 2.24) is 23.1 Å². The zero-order valence-corrected chi connectivity index (χ0v) is 15.1. The minimum atomic E-state index is -0.333. The number of imidazole rings is 2. The summed E-state index contributed by atoms with van der Waals surface area (Å²) >= 11 is 0. The Bertz CT molecular complexity index is 1090. The summed E-state index contributed by atoms with van der Waals surface area (Å²) in [7, 11) is 1.66. The third kappa shape index (κ3) is 2.13. The molecule has 0 N–H and O–H groups in total. The van der Waals surface area contributed by atoms with Gasteiger partial charge >= 0.3 is 5.69 Å². The maximum atomic E-state index is 12.9. The lowest BCUT2D eigenvalue weighted by molar-refractivity contribution is 0.0974. The van der Waals surface area contributed by atoms with Crippen LogP contribution in [-0.2, 0) is 24.9 Å². The van der Waals surface area contributed by atoms with Crippen LogP contribution in [-0.4, -0.2) is 35.8 Å². The van der Waals surface area contributed by atoms with Gasteiger partial charge in [0, 0.05) is 31.6 Å². The van der Waals surface area contributed by atoms with Crippen LogP contribution < -0.4 is 11.2 Å². The normalized spacial score (nSPS) is 18.0. The van der Waals surface area contributed by atoms with Gasteiger partial charge in [0.1, 0.15) is 0 Å². The smallest absolute Gasteiger partial charge is 0.332 e. The van der Waals surface area contributed by atoms with Gasteiger partial charge in [-0.2, -0.15) is 4.98 Å². The molecule has 3 aromatic rings. The molecule has 0 bridgehead atoms. The van der Waals surface area contributed by atoms with Crippen LogP contribution >= 0.6 is 0 Å². The Hall–Kier alpha value is -2.35. The molecule has 1 atom stereocenters. The summed E-state index contributed by atoms with van der Waals surface area (Å²) in [6.45, 7) is 7.66. The van der Waals surface area contributed by atoms with Crippen LogP contribution in [0.25, 0.3) is 16.9 Å². The van der Waals surface area contributed by atoms with E-state index in [0.29, 0.717) is 30.0 Å². The fourth-order valence-corrected chi connectivity index (χ4v) is 3.80. The highest BCUT2D eigenvalue weighted by molar-refractivity contribution is 5.76. The molecular formula is C17H23N5O3. The Morgan fingerprint density at radius 2 is 1.96 bits per heavy atom. The van der Waals surface area contributed by atoms with Crippen molar-refractivity contribution in [3.05, 3.63) is 32.2 Å². The molecule has 0 saturated carbocycles. The first-order valence-corrected chi connectivity index (χ1v) is 8.75. The Morgan fingerprint density at radius 1 is 1.20 bits per heavy atom. The van der Waals surface area contributed by atoms with Gasteiger partial charge in [-0.15, -0.1) is 0 Å². The van der Waals surface area contributed by atoms with Crippen molar-refractivity contribution in [3.63, 3.8) is 0 Å². The topological polar surface area (TPSA) is 75.5 Å². The van der Waals surface area contributed by atoms with Crippen LogP contribution in [0.5, 0.6) is 0 Å². The van der Waals surface area contributed by atoms with E-state index in [1.807, 2.05) is 18.2 Å². The highest BCUT2D eigenvalue weighted by atomic mass is 16.5. The molecule has 4 heterocycles. The lowest BCUT2D eigenvalue weighted by Crippen LogP contribution is -2.38. The molecule has 0 amide bonds. The van der Waals surface area contributed by atoms with Gasteiger partial charge in [0.05, 0.1) is 12.6 Å². The fraction of sp³-hybridized carbons (Fsp3) is 0.588. The summed E-state index contributed by atoms with van der Waals surface area (Å²) in [5.41, 5.74) is 2.31. The SMILES string of the molecule is CCn1c(=O)c2c(nc3n(CC4CCCO4)c(C)c(C)n23)n(C)c1=O. The molecule has 1 fully saturated rings. The third-order valence-electron chi connectivity index (χ3n) is 5.36. The molecule has 8 nitrogen and oxygen atoms in total. The van der Waals surface area contributed by atoms with E-state index in [0.717, 1.165) is 30.8 Å². The van der Waals surface area contributed by atoms with Gasteiger partial charge in [0.2, 0.25) is 5.78 Å². The molecule has 1 aliphatic heterocycles. The number of ether oxygens (including phenoxy) is 1. The van der Waals surface area contributed by atoms with Crippen LogP contribution in [0, 0.1) is 13.8 Å². The second kappa shape index (κ2) is 5.59. The van der Waals surface area contributed by atoms with Crippen LogP contribution in [0.3, 0.4) is 0 Å². The predicted octanol–water partition coefficient (Wildman–Crippen LogP) is 0.965. The number of hydrogen-bond donors (Lipinski definition) is 0. The molecule has 8 heteroatoms. The highest BCUT2D eigenvalue weighted by Gasteiger charge is 2.24. The van der Waals surface area contributed by atoms with Gasteiger partial charge in [0.25, 0.3) is 5.56 Å². The number of rotatable bonds is 3. The molecular weight excluding hydrogens is 322 g/mol. The summed E-state index contributed by atoms with van der Waals surface area (Å²) in [4.78, 5) is 29.9.